The molecule has 0 fully saturated rings. The average Bonchev–Trinajstić information content (AvgIpc) is 2.55. The fraction of sp³-hybridized carbons (Fsp3) is 0.235. The summed E-state index contributed by atoms with van der Waals surface area (Å²) in [5, 5.41) is 12.5. The van der Waals surface area contributed by atoms with Gasteiger partial charge in [0.05, 0.1) is 18.8 Å². The highest BCUT2D eigenvalue weighted by molar-refractivity contribution is 5.94. The first-order valence-electron chi connectivity index (χ1n) is 6.98. The molecule has 0 saturated carbocycles. The van der Waals surface area contributed by atoms with Gasteiger partial charge in [-0.25, -0.2) is 8.78 Å². The lowest BCUT2D eigenvalue weighted by Gasteiger charge is -2.13. The molecule has 0 saturated heterocycles. The highest BCUT2D eigenvalue weighted by Crippen LogP contribution is 2.19. The van der Waals surface area contributed by atoms with Crippen LogP contribution in [0.5, 0.6) is 5.75 Å². The molecule has 0 aliphatic carbocycles. The minimum absolute atomic E-state index is 0.121. The van der Waals surface area contributed by atoms with Crippen molar-refractivity contribution in [2.75, 3.05) is 13.7 Å². The molecule has 23 heavy (non-hydrogen) atoms. The lowest BCUT2D eigenvalue weighted by Crippen LogP contribution is -2.29. The molecule has 1 amide bonds. The summed E-state index contributed by atoms with van der Waals surface area (Å²) in [5.41, 5.74) is 0.265. The normalized spacial score (nSPS) is 11.9. The van der Waals surface area contributed by atoms with Crippen molar-refractivity contribution in [2.24, 2.45) is 0 Å². The second kappa shape index (κ2) is 7.19. The lowest BCUT2D eigenvalue weighted by atomic mass is 10.1. The Morgan fingerprint density at radius 3 is 2.70 bits per heavy atom. The Morgan fingerprint density at radius 1 is 1.26 bits per heavy atom. The monoisotopic (exact) mass is 321 g/mol. The van der Waals surface area contributed by atoms with Gasteiger partial charge in [-0.15, -0.1) is 0 Å². The molecule has 0 heterocycles. The maximum Gasteiger partial charge on any atom is 0.254 e. The van der Waals surface area contributed by atoms with E-state index in [0.717, 1.165) is 12.1 Å². The van der Waals surface area contributed by atoms with Crippen molar-refractivity contribution in [3.63, 3.8) is 0 Å². The first-order chi connectivity index (χ1) is 10.9. The van der Waals surface area contributed by atoms with Gasteiger partial charge in [0, 0.05) is 6.54 Å². The quantitative estimate of drug-likeness (QED) is 0.890. The van der Waals surface area contributed by atoms with Gasteiger partial charge in [-0.05, 0) is 42.3 Å². The largest absolute Gasteiger partial charge is 0.497 e. The Morgan fingerprint density at radius 2 is 2.00 bits per heavy atom. The van der Waals surface area contributed by atoms with Crippen LogP contribution in [0.2, 0.25) is 0 Å². The number of hydrogen-bond donors (Lipinski definition) is 2. The zero-order chi connectivity index (χ0) is 17.0. The van der Waals surface area contributed by atoms with Gasteiger partial charge in [-0.1, -0.05) is 12.1 Å². The van der Waals surface area contributed by atoms with E-state index in [4.69, 9.17) is 4.74 Å². The fourth-order valence-corrected chi connectivity index (χ4v) is 2.07. The number of aryl methyl sites for hydroxylation is 1. The Balaban J connectivity index is 2.05. The molecule has 0 aliphatic rings. The molecule has 2 rings (SSSR count). The second-order valence-corrected chi connectivity index (χ2v) is 5.08. The summed E-state index contributed by atoms with van der Waals surface area (Å²) in [5.74, 6) is -1.69. The van der Waals surface area contributed by atoms with Gasteiger partial charge in [0.1, 0.15) is 17.4 Å². The van der Waals surface area contributed by atoms with Gasteiger partial charge in [0.15, 0.2) is 0 Å². The summed E-state index contributed by atoms with van der Waals surface area (Å²) in [6.45, 7) is 1.27. The van der Waals surface area contributed by atoms with Crippen LogP contribution >= 0.6 is 0 Å². The SMILES string of the molecule is COc1cccc(C(O)CNC(=O)c2cc(F)c(C)cc2F)c1. The molecule has 0 aromatic heterocycles. The zero-order valence-corrected chi connectivity index (χ0v) is 12.8. The van der Waals surface area contributed by atoms with Gasteiger partial charge in [0.2, 0.25) is 0 Å². The number of hydrogen-bond acceptors (Lipinski definition) is 3. The third-order valence-corrected chi connectivity index (χ3v) is 3.43. The van der Waals surface area contributed by atoms with Crippen molar-refractivity contribution >= 4 is 5.91 Å². The second-order valence-electron chi connectivity index (χ2n) is 5.08. The molecule has 122 valence electrons. The van der Waals surface area contributed by atoms with E-state index in [0.29, 0.717) is 11.3 Å². The summed E-state index contributed by atoms with van der Waals surface area (Å²) < 4.78 is 32.2. The molecule has 0 spiro atoms. The van der Waals surface area contributed by atoms with E-state index in [2.05, 4.69) is 5.32 Å². The molecular weight excluding hydrogens is 304 g/mol. The smallest absolute Gasteiger partial charge is 0.254 e. The van der Waals surface area contributed by atoms with Crippen molar-refractivity contribution in [3.8, 4) is 5.75 Å². The number of benzene rings is 2. The third-order valence-electron chi connectivity index (χ3n) is 3.43. The van der Waals surface area contributed by atoms with E-state index in [1.54, 1.807) is 24.3 Å². The maximum absolute atomic E-state index is 13.7. The minimum Gasteiger partial charge on any atom is -0.497 e. The molecule has 2 N–H and O–H groups in total. The highest BCUT2D eigenvalue weighted by Gasteiger charge is 2.16. The molecule has 1 atom stereocenters. The number of aliphatic hydroxyl groups excluding tert-OH is 1. The first kappa shape index (κ1) is 16.9. The number of ether oxygens (including phenoxy) is 1. The van der Waals surface area contributed by atoms with Crippen molar-refractivity contribution in [2.45, 2.75) is 13.0 Å². The molecule has 0 aliphatic heterocycles. The van der Waals surface area contributed by atoms with E-state index in [-0.39, 0.29) is 12.1 Å². The predicted molar refractivity (Wildman–Crippen MR) is 81.4 cm³/mol. The number of halogens is 2. The van der Waals surface area contributed by atoms with E-state index >= 15 is 0 Å². The molecule has 0 radical (unpaired) electrons. The number of amides is 1. The molecule has 2 aromatic rings. The van der Waals surface area contributed by atoms with Gasteiger partial charge in [-0.2, -0.15) is 0 Å². The van der Waals surface area contributed by atoms with Crippen LogP contribution in [0.1, 0.15) is 27.6 Å². The number of carbonyl (C=O) groups is 1. The number of carbonyl (C=O) groups excluding carboxylic acids is 1. The Labute approximate surface area is 132 Å². The average molecular weight is 321 g/mol. The number of nitrogens with one attached hydrogen (secondary N) is 1. The van der Waals surface area contributed by atoms with Gasteiger partial charge < -0.3 is 15.2 Å². The van der Waals surface area contributed by atoms with Crippen LogP contribution < -0.4 is 10.1 Å². The molecule has 4 nitrogen and oxygen atoms in total. The predicted octanol–water partition coefficient (Wildman–Crippen LogP) is 2.75. The molecule has 0 bridgehead atoms. The lowest BCUT2D eigenvalue weighted by molar-refractivity contribution is 0.0911. The van der Waals surface area contributed by atoms with Crippen molar-refractivity contribution < 1.29 is 23.4 Å². The fourth-order valence-electron chi connectivity index (χ4n) is 2.07. The van der Waals surface area contributed by atoms with Crippen LogP contribution in [-0.4, -0.2) is 24.7 Å². The van der Waals surface area contributed by atoms with Crippen LogP contribution in [0, 0.1) is 18.6 Å². The summed E-state index contributed by atoms with van der Waals surface area (Å²) >= 11 is 0. The standard InChI is InChI=1S/C17H17F2NO3/c1-10-6-15(19)13(8-14(10)18)17(22)20-9-16(21)11-4-3-5-12(7-11)23-2/h3-8,16,21H,9H2,1-2H3,(H,20,22). The number of aliphatic hydroxyl groups is 1. The van der Waals surface area contributed by atoms with Crippen LogP contribution in [0.4, 0.5) is 8.78 Å². The van der Waals surface area contributed by atoms with Crippen LogP contribution in [0.25, 0.3) is 0 Å². The van der Waals surface area contributed by atoms with Gasteiger partial charge in [0.25, 0.3) is 5.91 Å². The third kappa shape index (κ3) is 4.04. The Bertz CT molecular complexity index is 719. The summed E-state index contributed by atoms with van der Waals surface area (Å²) in [7, 11) is 1.50. The van der Waals surface area contributed by atoms with E-state index in [1.165, 1.54) is 14.0 Å². The van der Waals surface area contributed by atoms with Crippen molar-refractivity contribution in [3.05, 3.63) is 64.7 Å². The van der Waals surface area contributed by atoms with Crippen molar-refractivity contribution in [1.29, 1.82) is 0 Å². The zero-order valence-electron chi connectivity index (χ0n) is 12.8. The van der Waals surface area contributed by atoms with Gasteiger partial charge in [-0.3, -0.25) is 4.79 Å². The van der Waals surface area contributed by atoms with Crippen LogP contribution in [0.15, 0.2) is 36.4 Å². The van der Waals surface area contributed by atoms with E-state index in [1.807, 2.05) is 0 Å². The summed E-state index contributed by atoms with van der Waals surface area (Å²) in [4.78, 5) is 11.9. The Kier molecular flexibility index (Phi) is 5.28. The van der Waals surface area contributed by atoms with Gasteiger partial charge >= 0.3 is 0 Å². The summed E-state index contributed by atoms with van der Waals surface area (Å²) in [6, 6.07) is 8.53. The minimum atomic E-state index is -0.993. The molecule has 1 unspecified atom stereocenters. The highest BCUT2D eigenvalue weighted by atomic mass is 19.1. The van der Waals surface area contributed by atoms with E-state index < -0.39 is 29.2 Å². The topological polar surface area (TPSA) is 58.6 Å². The Hall–Kier alpha value is -2.47. The molecule has 6 heteroatoms. The maximum atomic E-state index is 13.7. The number of methoxy groups -OCH3 is 1. The van der Waals surface area contributed by atoms with Crippen LogP contribution in [-0.2, 0) is 0 Å². The first-order valence-corrected chi connectivity index (χ1v) is 6.98. The summed E-state index contributed by atoms with van der Waals surface area (Å²) in [6.07, 6.45) is -0.993. The van der Waals surface area contributed by atoms with Crippen molar-refractivity contribution in [1.82, 2.24) is 5.32 Å². The number of rotatable bonds is 5. The van der Waals surface area contributed by atoms with Crippen LogP contribution in [0.3, 0.4) is 0 Å². The molecule has 2 aromatic carbocycles. The molecular formula is C17H17F2NO3. The van der Waals surface area contributed by atoms with E-state index in [9.17, 15) is 18.7 Å².